The number of rotatable bonds is 3. The van der Waals surface area contributed by atoms with Crippen LogP contribution in [-0.2, 0) is 6.54 Å². The largest absolute Gasteiger partial charge is 0.389 e. The van der Waals surface area contributed by atoms with Crippen LogP contribution in [-0.4, -0.2) is 21.7 Å². The molecule has 1 aliphatic heterocycles. The zero-order valence-electron chi connectivity index (χ0n) is 11.1. The topological polar surface area (TPSA) is 63.4 Å². The molecule has 0 saturated carbocycles. The van der Waals surface area contributed by atoms with Gasteiger partial charge in [0.15, 0.2) is 0 Å². The highest BCUT2D eigenvalue weighted by Gasteiger charge is 2.35. The number of amides is 2. The lowest BCUT2D eigenvalue weighted by Crippen LogP contribution is -2.30. The summed E-state index contributed by atoms with van der Waals surface area (Å²) in [5.74, 6) is -0.568. The smallest absolute Gasteiger partial charge is 0.261 e. The molecule has 2 amide bonds. The maximum Gasteiger partial charge on any atom is 0.261 e. The third-order valence-corrected chi connectivity index (χ3v) is 3.71. The van der Waals surface area contributed by atoms with Crippen LogP contribution in [0.1, 0.15) is 31.8 Å². The predicted molar refractivity (Wildman–Crippen MR) is 83.0 cm³/mol. The summed E-state index contributed by atoms with van der Waals surface area (Å²) in [6, 6.07) is 14.1. The van der Waals surface area contributed by atoms with Gasteiger partial charge in [-0.05, 0) is 17.7 Å². The molecule has 4 nitrogen and oxygen atoms in total. The van der Waals surface area contributed by atoms with Crippen molar-refractivity contribution in [2.24, 2.45) is 5.73 Å². The van der Waals surface area contributed by atoms with E-state index in [1.165, 1.54) is 4.90 Å². The zero-order chi connectivity index (χ0) is 15.0. The van der Waals surface area contributed by atoms with Crippen molar-refractivity contribution < 1.29 is 9.59 Å². The minimum atomic E-state index is -0.284. The molecule has 0 spiro atoms. The third kappa shape index (κ3) is 2.21. The second-order valence-corrected chi connectivity index (χ2v) is 5.20. The lowest BCUT2D eigenvalue weighted by Gasteiger charge is -2.16. The number of imide groups is 1. The first-order chi connectivity index (χ1) is 10.1. The first-order valence-electron chi connectivity index (χ1n) is 6.42. The normalized spacial score (nSPS) is 13.4. The summed E-state index contributed by atoms with van der Waals surface area (Å²) in [7, 11) is 0. The number of thiocarbonyl (C=S) groups is 1. The molecule has 0 unspecified atom stereocenters. The first kappa shape index (κ1) is 13.5. The van der Waals surface area contributed by atoms with Gasteiger partial charge >= 0.3 is 0 Å². The Kier molecular flexibility index (Phi) is 3.27. The monoisotopic (exact) mass is 296 g/mol. The molecule has 1 aliphatic rings. The van der Waals surface area contributed by atoms with Gasteiger partial charge in [-0.15, -0.1) is 0 Å². The number of carbonyl (C=O) groups excluding carboxylic acids is 2. The van der Waals surface area contributed by atoms with Gasteiger partial charge in [-0.3, -0.25) is 14.5 Å². The van der Waals surface area contributed by atoms with E-state index in [0.29, 0.717) is 16.7 Å². The van der Waals surface area contributed by atoms with Crippen LogP contribution < -0.4 is 5.73 Å². The molecule has 2 aromatic carbocycles. The Bertz CT molecular complexity index is 735. The van der Waals surface area contributed by atoms with Crippen molar-refractivity contribution in [2.45, 2.75) is 6.54 Å². The minimum Gasteiger partial charge on any atom is -0.389 e. The summed E-state index contributed by atoms with van der Waals surface area (Å²) in [5.41, 5.74) is 8.01. The first-order valence-corrected chi connectivity index (χ1v) is 6.83. The molecular weight excluding hydrogens is 284 g/mol. The molecule has 1 heterocycles. The summed E-state index contributed by atoms with van der Waals surface area (Å²) < 4.78 is 0. The molecule has 0 aliphatic carbocycles. The second-order valence-electron chi connectivity index (χ2n) is 4.76. The maximum atomic E-state index is 12.3. The average Bonchev–Trinajstić information content (AvgIpc) is 2.73. The van der Waals surface area contributed by atoms with Crippen molar-refractivity contribution in [3.8, 4) is 0 Å². The molecule has 0 atom stereocenters. The van der Waals surface area contributed by atoms with Gasteiger partial charge in [-0.2, -0.15) is 0 Å². The van der Waals surface area contributed by atoms with Crippen LogP contribution in [0.5, 0.6) is 0 Å². The number of carbonyl (C=O) groups is 2. The average molecular weight is 296 g/mol. The Morgan fingerprint density at radius 3 is 2.05 bits per heavy atom. The van der Waals surface area contributed by atoms with Crippen LogP contribution in [0.25, 0.3) is 0 Å². The van der Waals surface area contributed by atoms with Crippen molar-refractivity contribution in [3.05, 3.63) is 70.8 Å². The number of nitrogens with zero attached hydrogens (tertiary/aromatic N) is 1. The summed E-state index contributed by atoms with van der Waals surface area (Å²) in [5, 5.41) is 0. The van der Waals surface area contributed by atoms with Crippen LogP contribution in [0.3, 0.4) is 0 Å². The van der Waals surface area contributed by atoms with Crippen LogP contribution in [0.15, 0.2) is 48.5 Å². The van der Waals surface area contributed by atoms with E-state index in [0.717, 1.165) is 5.56 Å². The Labute approximate surface area is 127 Å². The zero-order valence-corrected chi connectivity index (χ0v) is 11.9. The van der Waals surface area contributed by atoms with E-state index in [1.54, 1.807) is 30.3 Å². The van der Waals surface area contributed by atoms with Gasteiger partial charge < -0.3 is 5.73 Å². The van der Waals surface area contributed by atoms with E-state index >= 15 is 0 Å². The van der Waals surface area contributed by atoms with Gasteiger partial charge in [0.1, 0.15) is 4.99 Å². The van der Waals surface area contributed by atoms with Gasteiger partial charge in [0.05, 0.1) is 17.7 Å². The molecule has 21 heavy (non-hydrogen) atoms. The Morgan fingerprint density at radius 1 is 0.952 bits per heavy atom. The highest BCUT2D eigenvalue weighted by molar-refractivity contribution is 7.80. The third-order valence-electron chi connectivity index (χ3n) is 3.49. The lowest BCUT2D eigenvalue weighted by atomic mass is 10.1. The van der Waals surface area contributed by atoms with Crippen molar-refractivity contribution in [1.82, 2.24) is 4.90 Å². The molecule has 2 aromatic rings. The van der Waals surface area contributed by atoms with E-state index in [-0.39, 0.29) is 23.3 Å². The van der Waals surface area contributed by atoms with Crippen molar-refractivity contribution in [2.75, 3.05) is 0 Å². The van der Waals surface area contributed by atoms with Crippen molar-refractivity contribution in [1.29, 1.82) is 0 Å². The molecule has 3 rings (SSSR count). The standard InChI is InChI=1S/C16H12N2O2S/c17-14(21)11-6-2-1-5-10(11)9-18-15(19)12-7-3-4-8-13(12)16(18)20/h1-8H,9H2,(H2,17,21). The van der Waals surface area contributed by atoms with E-state index in [2.05, 4.69) is 0 Å². The SMILES string of the molecule is NC(=S)c1ccccc1CN1C(=O)c2ccccc2C1=O. The van der Waals surface area contributed by atoms with E-state index in [9.17, 15) is 9.59 Å². The Hall–Kier alpha value is -2.53. The number of fused-ring (bicyclic) bond motifs is 1. The van der Waals surface area contributed by atoms with Crippen LogP contribution in [0.2, 0.25) is 0 Å². The van der Waals surface area contributed by atoms with E-state index in [4.69, 9.17) is 18.0 Å². The summed E-state index contributed by atoms with van der Waals surface area (Å²) in [6.07, 6.45) is 0. The van der Waals surface area contributed by atoms with Gasteiger partial charge in [0, 0.05) is 5.56 Å². The number of nitrogens with two attached hydrogens (primary N) is 1. The predicted octanol–water partition coefficient (Wildman–Crippen LogP) is 2.12. The fourth-order valence-electron chi connectivity index (χ4n) is 2.45. The summed E-state index contributed by atoms with van der Waals surface area (Å²) in [4.78, 5) is 26.1. The highest BCUT2D eigenvalue weighted by Crippen LogP contribution is 2.25. The lowest BCUT2D eigenvalue weighted by molar-refractivity contribution is 0.0642. The molecule has 0 saturated heterocycles. The summed E-state index contributed by atoms with van der Waals surface area (Å²) in [6.45, 7) is 0.167. The summed E-state index contributed by atoms with van der Waals surface area (Å²) >= 11 is 5.01. The van der Waals surface area contributed by atoms with Gasteiger partial charge in [-0.25, -0.2) is 0 Å². The van der Waals surface area contributed by atoms with Gasteiger partial charge in [0.25, 0.3) is 11.8 Å². The highest BCUT2D eigenvalue weighted by atomic mass is 32.1. The fraction of sp³-hybridized carbons (Fsp3) is 0.0625. The number of benzene rings is 2. The van der Waals surface area contributed by atoms with E-state index in [1.807, 2.05) is 18.2 Å². The number of hydrogen-bond donors (Lipinski definition) is 1. The van der Waals surface area contributed by atoms with Crippen LogP contribution in [0, 0.1) is 0 Å². The van der Waals surface area contributed by atoms with Gasteiger partial charge in [-0.1, -0.05) is 48.6 Å². The molecular formula is C16H12N2O2S. The molecule has 2 N–H and O–H groups in total. The molecule has 0 radical (unpaired) electrons. The Balaban J connectivity index is 1.96. The van der Waals surface area contributed by atoms with Crippen molar-refractivity contribution in [3.63, 3.8) is 0 Å². The molecule has 5 heteroatoms. The minimum absolute atomic E-state index is 0.167. The van der Waals surface area contributed by atoms with Crippen LogP contribution in [0.4, 0.5) is 0 Å². The fourth-order valence-corrected chi connectivity index (χ4v) is 2.65. The molecule has 104 valence electrons. The van der Waals surface area contributed by atoms with Crippen LogP contribution >= 0.6 is 12.2 Å². The van der Waals surface area contributed by atoms with Crippen molar-refractivity contribution >= 4 is 29.0 Å². The van der Waals surface area contributed by atoms with Gasteiger partial charge in [0.2, 0.25) is 0 Å². The maximum absolute atomic E-state index is 12.3. The number of hydrogen-bond acceptors (Lipinski definition) is 3. The molecule has 0 fully saturated rings. The van der Waals surface area contributed by atoms with E-state index < -0.39 is 0 Å². The molecule has 0 bridgehead atoms. The second kappa shape index (κ2) is 5.10. The quantitative estimate of drug-likeness (QED) is 0.696. The molecule has 0 aromatic heterocycles. The Morgan fingerprint density at radius 2 is 1.48 bits per heavy atom.